The van der Waals surface area contributed by atoms with Crippen LogP contribution in [0.2, 0.25) is 0 Å². The van der Waals surface area contributed by atoms with Crippen molar-refractivity contribution in [1.82, 2.24) is 0 Å². The molecular formula is C11H12Te. The summed E-state index contributed by atoms with van der Waals surface area (Å²) < 4.78 is 3.98. The second kappa shape index (κ2) is 3.64. The Hall–Kier alpha value is -0.250. The van der Waals surface area contributed by atoms with Crippen molar-refractivity contribution in [1.29, 1.82) is 0 Å². The Labute approximate surface area is 82.8 Å². The molecule has 2 rings (SSSR count). The van der Waals surface area contributed by atoms with Crippen molar-refractivity contribution in [2.45, 2.75) is 19.8 Å². The molecular weight excluding hydrogens is 260 g/mol. The van der Waals surface area contributed by atoms with Crippen molar-refractivity contribution in [3.63, 3.8) is 0 Å². The first-order chi connectivity index (χ1) is 5.90. The zero-order chi connectivity index (χ0) is 8.39. The standard InChI is InChI=1S/C11H12Te/c1-2-3-9-4-5-11-10(8-9)6-7-12-11/h4-8H,2-3H2,1H3. The van der Waals surface area contributed by atoms with Crippen LogP contribution in [0, 0.1) is 0 Å². The van der Waals surface area contributed by atoms with Crippen molar-refractivity contribution in [2.24, 2.45) is 0 Å². The van der Waals surface area contributed by atoms with Gasteiger partial charge >= 0.3 is 82.9 Å². The molecule has 1 aromatic carbocycles. The predicted molar refractivity (Wildman–Crippen MR) is 54.9 cm³/mol. The third-order valence-electron chi connectivity index (χ3n) is 2.06. The van der Waals surface area contributed by atoms with E-state index >= 15 is 0 Å². The molecule has 2 aromatic rings. The number of fused-ring (bicyclic) bond motifs is 1. The molecule has 62 valence electrons. The van der Waals surface area contributed by atoms with Gasteiger partial charge in [0.05, 0.1) is 0 Å². The Morgan fingerprint density at radius 2 is 2.17 bits per heavy atom. The van der Waals surface area contributed by atoms with Crippen LogP contribution in [0.1, 0.15) is 18.9 Å². The summed E-state index contributed by atoms with van der Waals surface area (Å²) in [5.41, 5.74) is 1.50. The normalized spacial score (nSPS) is 10.8. The van der Waals surface area contributed by atoms with Gasteiger partial charge in [-0.25, -0.2) is 0 Å². The van der Waals surface area contributed by atoms with Crippen LogP contribution in [0.5, 0.6) is 0 Å². The SMILES string of the molecule is CCCc1ccc2[te]ccc2c1. The van der Waals surface area contributed by atoms with Gasteiger partial charge in [0.1, 0.15) is 0 Å². The van der Waals surface area contributed by atoms with Crippen LogP contribution in [0.15, 0.2) is 28.3 Å². The van der Waals surface area contributed by atoms with Gasteiger partial charge in [0.15, 0.2) is 0 Å². The van der Waals surface area contributed by atoms with Crippen LogP contribution in [0.3, 0.4) is 0 Å². The van der Waals surface area contributed by atoms with Crippen molar-refractivity contribution in [3.8, 4) is 0 Å². The first-order valence-electron chi connectivity index (χ1n) is 4.36. The van der Waals surface area contributed by atoms with E-state index < -0.39 is 0 Å². The summed E-state index contributed by atoms with van der Waals surface area (Å²) >= 11 is 0.0544. The van der Waals surface area contributed by atoms with E-state index in [9.17, 15) is 0 Å². The van der Waals surface area contributed by atoms with Crippen molar-refractivity contribution in [3.05, 3.63) is 33.9 Å². The Balaban J connectivity index is 2.46. The Morgan fingerprint density at radius 3 is 3.00 bits per heavy atom. The molecule has 12 heavy (non-hydrogen) atoms. The molecule has 0 radical (unpaired) electrons. The minimum absolute atomic E-state index is 0.0544. The molecule has 0 unspecified atom stereocenters. The molecule has 0 fully saturated rings. The third-order valence-corrected chi connectivity index (χ3v) is 4.62. The van der Waals surface area contributed by atoms with E-state index in [2.05, 4.69) is 35.3 Å². The minimum atomic E-state index is 0.0544. The van der Waals surface area contributed by atoms with Gasteiger partial charge in [0, 0.05) is 0 Å². The van der Waals surface area contributed by atoms with Crippen LogP contribution in [0.25, 0.3) is 8.79 Å². The van der Waals surface area contributed by atoms with Crippen molar-refractivity contribution >= 4 is 29.2 Å². The number of benzene rings is 1. The molecule has 0 nitrogen and oxygen atoms in total. The molecule has 0 aliphatic rings. The summed E-state index contributed by atoms with van der Waals surface area (Å²) in [7, 11) is 0. The van der Waals surface area contributed by atoms with Gasteiger partial charge in [-0.05, 0) is 0 Å². The monoisotopic (exact) mass is 274 g/mol. The number of aryl methyl sites for hydroxylation is 1. The average Bonchev–Trinajstić information content (AvgIpc) is 2.51. The summed E-state index contributed by atoms with van der Waals surface area (Å²) in [4.78, 5) is 0. The Bertz CT molecular complexity index is 373. The van der Waals surface area contributed by atoms with Gasteiger partial charge in [-0.1, -0.05) is 0 Å². The fourth-order valence-electron chi connectivity index (χ4n) is 1.46. The molecule has 1 heterocycles. The van der Waals surface area contributed by atoms with Gasteiger partial charge in [0.25, 0.3) is 0 Å². The van der Waals surface area contributed by atoms with Gasteiger partial charge in [-0.2, -0.15) is 0 Å². The molecule has 0 spiro atoms. The van der Waals surface area contributed by atoms with Crippen LogP contribution < -0.4 is 0 Å². The van der Waals surface area contributed by atoms with Crippen LogP contribution in [0.4, 0.5) is 0 Å². The average molecular weight is 272 g/mol. The first kappa shape index (κ1) is 8.35. The topological polar surface area (TPSA) is 0 Å². The van der Waals surface area contributed by atoms with Crippen LogP contribution in [-0.2, 0) is 6.42 Å². The number of hydrogen-bond donors (Lipinski definition) is 0. The molecule has 0 aliphatic heterocycles. The van der Waals surface area contributed by atoms with E-state index in [1.54, 1.807) is 3.40 Å². The molecule has 0 saturated heterocycles. The van der Waals surface area contributed by atoms with E-state index in [0.717, 1.165) is 0 Å². The first-order valence-corrected chi connectivity index (χ1v) is 6.87. The summed E-state index contributed by atoms with van der Waals surface area (Å²) in [6.07, 6.45) is 2.47. The maximum absolute atomic E-state index is 2.37. The van der Waals surface area contributed by atoms with E-state index in [-0.39, 0.29) is 20.4 Å². The molecule has 0 saturated carbocycles. The number of hydrogen-bond acceptors (Lipinski definition) is 0. The Kier molecular flexibility index (Phi) is 2.54. The molecule has 1 aromatic heterocycles. The fraction of sp³-hybridized carbons (Fsp3) is 0.273. The summed E-state index contributed by atoms with van der Waals surface area (Å²) in [6.45, 7) is 2.23. The molecule has 0 N–H and O–H groups in total. The van der Waals surface area contributed by atoms with Crippen LogP contribution in [-0.4, -0.2) is 20.4 Å². The zero-order valence-electron chi connectivity index (χ0n) is 7.21. The van der Waals surface area contributed by atoms with Crippen molar-refractivity contribution in [2.75, 3.05) is 0 Å². The van der Waals surface area contributed by atoms with E-state index in [0.29, 0.717) is 0 Å². The quantitative estimate of drug-likeness (QED) is 0.737. The summed E-state index contributed by atoms with van der Waals surface area (Å²) in [5.74, 6) is 0. The van der Waals surface area contributed by atoms with E-state index in [1.807, 2.05) is 0 Å². The van der Waals surface area contributed by atoms with Gasteiger partial charge in [-0.3, -0.25) is 0 Å². The molecule has 0 amide bonds. The van der Waals surface area contributed by atoms with Crippen molar-refractivity contribution < 1.29 is 0 Å². The van der Waals surface area contributed by atoms with Gasteiger partial charge < -0.3 is 0 Å². The molecule has 0 aliphatic carbocycles. The third kappa shape index (κ3) is 1.58. The van der Waals surface area contributed by atoms with Crippen LogP contribution >= 0.6 is 0 Å². The van der Waals surface area contributed by atoms with Gasteiger partial charge in [0.2, 0.25) is 0 Å². The zero-order valence-corrected chi connectivity index (χ0v) is 9.54. The molecule has 1 heteroatoms. The maximum atomic E-state index is 2.37. The van der Waals surface area contributed by atoms with Gasteiger partial charge in [-0.15, -0.1) is 0 Å². The second-order valence-corrected chi connectivity index (χ2v) is 5.75. The second-order valence-electron chi connectivity index (χ2n) is 3.04. The van der Waals surface area contributed by atoms with E-state index in [1.165, 1.54) is 23.8 Å². The fourth-order valence-corrected chi connectivity index (χ4v) is 3.66. The van der Waals surface area contributed by atoms with E-state index in [4.69, 9.17) is 0 Å². The molecule has 0 atom stereocenters. The Morgan fingerprint density at radius 1 is 1.25 bits per heavy atom. The summed E-state index contributed by atoms with van der Waals surface area (Å²) in [5, 5.41) is 1.49. The molecule has 0 bridgehead atoms. The number of rotatable bonds is 2. The predicted octanol–water partition coefficient (Wildman–Crippen LogP) is 2.85. The summed E-state index contributed by atoms with van der Waals surface area (Å²) in [6, 6.07) is 9.26.